The van der Waals surface area contributed by atoms with Gasteiger partial charge in [-0.2, -0.15) is 0 Å². The Balaban J connectivity index is 1.70. The molecular formula is C15H21N3O4. The number of rotatable bonds is 5. The lowest BCUT2D eigenvalue weighted by Crippen LogP contribution is -2.31. The summed E-state index contributed by atoms with van der Waals surface area (Å²) in [5, 5.41) is 8.06. The summed E-state index contributed by atoms with van der Waals surface area (Å²) in [6.45, 7) is 1.40. The molecular weight excluding hydrogens is 286 g/mol. The van der Waals surface area contributed by atoms with Crippen molar-refractivity contribution in [2.24, 2.45) is 0 Å². The van der Waals surface area contributed by atoms with Gasteiger partial charge in [0.05, 0.1) is 13.2 Å². The zero-order valence-corrected chi connectivity index (χ0v) is 12.6. The van der Waals surface area contributed by atoms with Crippen LogP contribution in [0.4, 0.5) is 21.0 Å². The predicted octanol–water partition coefficient (Wildman–Crippen LogP) is 2.56. The highest BCUT2D eigenvalue weighted by Gasteiger charge is 2.15. The number of carbonyl (C=O) groups is 2. The van der Waals surface area contributed by atoms with E-state index in [1.165, 1.54) is 7.11 Å². The molecule has 120 valence electrons. The minimum atomic E-state index is -0.535. The molecule has 0 aliphatic carbocycles. The molecule has 1 aliphatic rings. The van der Waals surface area contributed by atoms with Gasteiger partial charge in [0, 0.05) is 24.5 Å². The summed E-state index contributed by atoms with van der Waals surface area (Å²) in [7, 11) is 1.30. The fraction of sp³-hybridized carbons (Fsp3) is 0.467. The molecule has 0 saturated carbocycles. The molecule has 1 fully saturated rings. The fourth-order valence-electron chi connectivity index (χ4n) is 2.20. The van der Waals surface area contributed by atoms with Gasteiger partial charge in [-0.1, -0.05) is 0 Å². The van der Waals surface area contributed by atoms with Crippen LogP contribution in [-0.4, -0.2) is 38.5 Å². The van der Waals surface area contributed by atoms with Gasteiger partial charge in [-0.25, -0.2) is 9.59 Å². The molecule has 1 atom stereocenters. The van der Waals surface area contributed by atoms with E-state index < -0.39 is 6.09 Å². The number of methoxy groups -OCH3 is 1. The van der Waals surface area contributed by atoms with E-state index >= 15 is 0 Å². The van der Waals surface area contributed by atoms with E-state index in [9.17, 15) is 9.59 Å². The summed E-state index contributed by atoms with van der Waals surface area (Å²) in [5.74, 6) is 0. The number of urea groups is 1. The molecule has 2 rings (SSSR count). The first-order valence-electron chi connectivity index (χ1n) is 7.29. The second-order valence-corrected chi connectivity index (χ2v) is 5.00. The van der Waals surface area contributed by atoms with Crippen molar-refractivity contribution >= 4 is 23.5 Å². The van der Waals surface area contributed by atoms with Crippen LogP contribution in [-0.2, 0) is 9.47 Å². The van der Waals surface area contributed by atoms with Gasteiger partial charge in [0.2, 0.25) is 0 Å². The number of hydrogen-bond donors (Lipinski definition) is 3. The first-order valence-corrected chi connectivity index (χ1v) is 7.29. The van der Waals surface area contributed by atoms with Crippen molar-refractivity contribution in [3.8, 4) is 0 Å². The average Bonchev–Trinajstić information content (AvgIpc) is 3.02. The number of ether oxygens (including phenoxy) is 2. The number of amides is 3. The van der Waals surface area contributed by atoms with Crippen LogP contribution in [0, 0.1) is 0 Å². The third kappa shape index (κ3) is 5.25. The van der Waals surface area contributed by atoms with Crippen LogP contribution >= 0.6 is 0 Å². The third-order valence-electron chi connectivity index (χ3n) is 3.35. The number of benzene rings is 1. The van der Waals surface area contributed by atoms with Crippen molar-refractivity contribution in [1.82, 2.24) is 5.32 Å². The molecule has 1 aromatic carbocycles. The van der Waals surface area contributed by atoms with E-state index in [1.807, 2.05) is 0 Å². The summed E-state index contributed by atoms with van der Waals surface area (Å²) < 4.78 is 9.99. The minimum Gasteiger partial charge on any atom is -0.453 e. The lowest BCUT2D eigenvalue weighted by Gasteiger charge is -2.11. The molecule has 1 aliphatic heterocycles. The first-order chi connectivity index (χ1) is 10.7. The second kappa shape index (κ2) is 8.23. The molecule has 1 aromatic rings. The van der Waals surface area contributed by atoms with Crippen LogP contribution in [0.15, 0.2) is 24.3 Å². The van der Waals surface area contributed by atoms with Crippen LogP contribution in [0.2, 0.25) is 0 Å². The van der Waals surface area contributed by atoms with Crippen molar-refractivity contribution in [2.45, 2.75) is 25.4 Å². The van der Waals surface area contributed by atoms with E-state index in [0.29, 0.717) is 17.9 Å². The molecule has 3 amide bonds. The highest BCUT2D eigenvalue weighted by molar-refractivity contribution is 5.90. The van der Waals surface area contributed by atoms with Gasteiger partial charge in [0.15, 0.2) is 0 Å². The van der Waals surface area contributed by atoms with Crippen LogP contribution in [0.1, 0.15) is 19.3 Å². The Kier molecular flexibility index (Phi) is 6.02. The van der Waals surface area contributed by atoms with E-state index in [-0.39, 0.29) is 12.1 Å². The number of hydrogen-bond acceptors (Lipinski definition) is 4. The predicted molar refractivity (Wildman–Crippen MR) is 83.1 cm³/mol. The van der Waals surface area contributed by atoms with Crippen molar-refractivity contribution < 1.29 is 19.1 Å². The molecule has 0 spiro atoms. The normalized spacial score (nSPS) is 16.9. The fourth-order valence-corrected chi connectivity index (χ4v) is 2.20. The summed E-state index contributed by atoms with van der Waals surface area (Å²) in [4.78, 5) is 22.8. The average molecular weight is 307 g/mol. The zero-order chi connectivity index (χ0) is 15.8. The van der Waals surface area contributed by atoms with Gasteiger partial charge < -0.3 is 20.1 Å². The zero-order valence-electron chi connectivity index (χ0n) is 12.6. The lowest BCUT2D eigenvalue weighted by molar-refractivity contribution is 0.105. The summed E-state index contributed by atoms with van der Waals surface area (Å²) in [6.07, 6.45) is 2.73. The maximum atomic E-state index is 11.7. The molecule has 1 heterocycles. The van der Waals surface area contributed by atoms with Crippen molar-refractivity contribution in [1.29, 1.82) is 0 Å². The van der Waals surface area contributed by atoms with Gasteiger partial charge >= 0.3 is 12.1 Å². The quantitative estimate of drug-likeness (QED) is 0.780. The Labute approximate surface area is 129 Å². The summed E-state index contributed by atoms with van der Waals surface area (Å²) in [5.41, 5.74) is 1.24. The molecule has 0 bridgehead atoms. The van der Waals surface area contributed by atoms with E-state index in [0.717, 1.165) is 25.9 Å². The lowest BCUT2D eigenvalue weighted by atomic mass is 10.2. The van der Waals surface area contributed by atoms with Crippen LogP contribution in [0.3, 0.4) is 0 Å². The Morgan fingerprint density at radius 3 is 2.50 bits per heavy atom. The molecule has 0 aromatic heterocycles. The number of nitrogens with one attached hydrogen (secondary N) is 3. The highest BCUT2D eigenvalue weighted by Crippen LogP contribution is 2.15. The van der Waals surface area contributed by atoms with Crippen LogP contribution < -0.4 is 16.0 Å². The number of carbonyl (C=O) groups excluding carboxylic acids is 2. The molecule has 7 nitrogen and oxygen atoms in total. The second-order valence-electron chi connectivity index (χ2n) is 5.00. The van der Waals surface area contributed by atoms with Crippen molar-refractivity contribution in [2.75, 3.05) is 30.9 Å². The van der Waals surface area contributed by atoms with Crippen molar-refractivity contribution in [3.05, 3.63) is 24.3 Å². The van der Waals surface area contributed by atoms with Gasteiger partial charge in [-0.05, 0) is 43.5 Å². The molecule has 0 unspecified atom stereocenters. The Hall–Kier alpha value is -2.28. The summed E-state index contributed by atoms with van der Waals surface area (Å²) in [6, 6.07) is 6.50. The first kappa shape index (κ1) is 16.1. The standard InChI is InChI=1S/C15H21N3O4/c1-21-15(20)18-12-6-4-11(5-7-12)17-14(19)16-9-8-13-3-2-10-22-13/h4-7,13H,2-3,8-10H2,1H3,(H,18,20)(H2,16,17,19)/t13-/m0/s1. The monoisotopic (exact) mass is 307 g/mol. The molecule has 22 heavy (non-hydrogen) atoms. The molecule has 3 N–H and O–H groups in total. The van der Waals surface area contributed by atoms with Crippen LogP contribution in [0.25, 0.3) is 0 Å². The smallest absolute Gasteiger partial charge is 0.411 e. The molecule has 7 heteroatoms. The highest BCUT2D eigenvalue weighted by atomic mass is 16.5. The Bertz CT molecular complexity index is 498. The maximum Gasteiger partial charge on any atom is 0.411 e. The largest absolute Gasteiger partial charge is 0.453 e. The SMILES string of the molecule is COC(=O)Nc1ccc(NC(=O)NCC[C@@H]2CCCO2)cc1. The molecule has 0 radical (unpaired) electrons. The van der Waals surface area contributed by atoms with Gasteiger partial charge in [-0.3, -0.25) is 5.32 Å². The third-order valence-corrected chi connectivity index (χ3v) is 3.35. The Morgan fingerprint density at radius 2 is 1.91 bits per heavy atom. The van der Waals surface area contributed by atoms with Gasteiger partial charge in [0.25, 0.3) is 0 Å². The topological polar surface area (TPSA) is 88.7 Å². The van der Waals surface area contributed by atoms with E-state index in [2.05, 4.69) is 20.7 Å². The molecule has 1 saturated heterocycles. The van der Waals surface area contributed by atoms with Crippen LogP contribution in [0.5, 0.6) is 0 Å². The maximum absolute atomic E-state index is 11.7. The summed E-state index contributed by atoms with van der Waals surface area (Å²) >= 11 is 0. The van der Waals surface area contributed by atoms with Gasteiger partial charge in [-0.15, -0.1) is 0 Å². The van der Waals surface area contributed by atoms with Gasteiger partial charge in [0.1, 0.15) is 0 Å². The Morgan fingerprint density at radius 1 is 1.23 bits per heavy atom. The van der Waals surface area contributed by atoms with E-state index in [4.69, 9.17) is 4.74 Å². The number of anilines is 2. The van der Waals surface area contributed by atoms with E-state index in [1.54, 1.807) is 24.3 Å². The van der Waals surface area contributed by atoms with Crippen molar-refractivity contribution in [3.63, 3.8) is 0 Å². The minimum absolute atomic E-state index is 0.258.